The van der Waals surface area contributed by atoms with E-state index in [1.54, 1.807) is 10.9 Å². The second-order valence-electron chi connectivity index (χ2n) is 4.83. The van der Waals surface area contributed by atoms with Crippen LogP contribution in [0.5, 0.6) is 0 Å². The molecule has 1 heterocycles. The predicted molar refractivity (Wildman–Crippen MR) is 81.2 cm³/mol. The van der Waals surface area contributed by atoms with Crippen LogP contribution in [-0.2, 0) is 13.0 Å². The molecule has 1 aromatic heterocycles. The fourth-order valence-corrected chi connectivity index (χ4v) is 2.48. The van der Waals surface area contributed by atoms with Gasteiger partial charge in [0.05, 0.1) is 11.2 Å². The zero-order valence-electron chi connectivity index (χ0n) is 11.7. The summed E-state index contributed by atoms with van der Waals surface area (Å²) in [6.45, 7) is 2.78. The lowest BCUT2D eigenvalue weighted by Crippen LogP contribution is -2.11. The quantitative estimate of drug-likeness (QED) is 0.718. The molecular weight excluding hydrogens is 272 g/mol. The van der Waals surface area contributed by atoms with Gasteiger partial charge in [-0.25, -0.2) is 0 Å². The van der Waals surface area contributed by atoms with Crippen LogP contribution in [0.2, 0.25) is 5.02 Å². The molecule has 0 bridgehead atoms. The highest BCUT2D eigenvalue weighted by Gasteiger charge is 2.16. The van der Waals surface area contributed by atoms with Gasteiger partial charge in [-0.2, -0.15) is 5.10 Å². The maximum absolute atomic E-state index is 12.3. The zero-order chi connectivity index (χ0) is 14.4. The minimum absolute atomic E-state index is 0.0804. The Bertz CT molecular complexity index is 563. The van der Waals surface area contributed by atoms with E-state index in [4.69, 9.17) is 11.6 Å². The van der Waals surface area contributed by atoms with E-state index in [1.807, 2.05) is 18.2 Å². The van der Waals surface area contributed by atoms with Crippen LogP contribution < -0.4 is 0 Å². The van der Waals surface area contributed by atoms with Crippen LogP contribution in [0.1, 0.15) is 42.2 Å². The van der Waals surface area contributed by atoms with Gasteiger partial charge < -0.3 is 0 Å². The highest BCUT2D eigenvalue weighted by molar-refractivity contribution is 6.33. The van der Waals surface area contributed by atoms with Gasteiger partial charge >= 0.3 is 0 Å². The molecule has 0 atom stereocenters. The van der Waals surface area contributed by atoms with Crippen LogP contribution in [0.4, 0.5) is 0 Å². The minimum atomic E-state index is 0.0804. The molecule has 0 saturated heterocycles. The molecule has 2 rings (SSSR count). The van der Waals surface area contributed by atoms with E-state index in [-0.39, 0.29) is 5.78 Å². The Labute approximate surface area is 124 Å². The number of rotatable bonds is 7. The Morgan fingerprint density at radius 2 is 2.05 bits per heavy atom. The van der Waals surface area contributed by atoms with E-state index in [0.717, 1.165) is 25.8 Å². The van der Waals surface area contributed by atoms with Gasteiger partial charge in [0.25, 0.3) is 0 Å². The first-order valence-electron chi connectivity index (χ1n) is 7.00. The third-order valence-electron chi connectivity index (χ3n) is 3.21. The van der Waals surface area contributed by atoms with Gasteiger partial charge in [0.2, 0.25) is 0 Å². The van der Waals surface area contributed by atoms with Crippen molar-refractivity contribution >= 4 is 17.4 Å². The van der Waals surface area contributed by atoms with Crippen LogP contribution in [0.3, 0.4) is 0 Å². The molecule has 0 spiro atoms. The largest absolute Gasteiger partial charge is 0.292 e. The minimum Gasteiger partial charge on any atom is -0.292 e. The number of carbonyl (C=O) groups excluding carboxylic acids is 1. The molecule has 0 radical (unpaired) electrons. The number of benzene rings is 1. The number of nitrogens with zero attached hydrogens (tertiary/aromatic N) is 2. The maximum Gasteiger partial charge on any atom is 0.182 e. The number of hydrogen-bond acceptors (Lipinski definition) is 2. The van der Waals surface area contributed by atoms with Crippen LogP contribution >= 0.6 is 11.6 Å². The van der Waals surface area contributed by atoms with Crippen molar-refractivity contribution in [3.8, 4) is 0 Å². The predicted octanol–water partition coefficient (Wildman–Crippen LogP) is 4.15. The molecule has 0 aliphatic rings. The van der Waals surface area contributed by atoms with E-state index in [2.05, 4.69) is 24.2 Å². The number of ketones is 1. The first-order chi connectivity index (χ1) is 9.72. The van der Waals surface area contributed by atoms with Crippen LogP contribution in [0.25, 0.3) is 0 Å². The molecule has 20 heavy (non-hydrogen) atoms. The second kappa shape index (κ2) is 7.25. The monoisotopic (exact) mass is 290 g/mol. The van der Waals surface area contributed by atoms with Crippen LogP contribution in [-0.4, -0.2) is 15.6 Å². The van der Waals surface area contributed by atoms with E-state index in [1.165, 1.54) is 5.56 Å². The first-order valence-corrected chi connectivity index (χ1v) is 7.38. The van der Waals surface area contributed by atoms with Crippen molar-refractivity contribution in [1.82, 2.24) is 9.78 Å². The summed E-state index contributed by atoms with van der Waals surface area (Å²) >= 11 is 6.07. The number of hydrogen-bond donors (Lipinski definition) is 0. The molecular formula is C16H19ClN2O. The SMILES string of the molecule is CCCn1ncc(Cl)c1C(=O)CCCc1ccccc1. The molecule has 106 valence electrons. The standard InChI is InChI=1S/C16H19ClN2O/c1-2-11-19-16(14(17)12-18-19)15(20)10-6-9-13-7-4-3-5-8-13/h3-5,7-8,12H,2,6,9-11H2,1H3. The Morgan fingerprint density at radius 3 is 2.75 bits per heavy atom. The molecule has 4 heteroatoms. The highest BCUT2D eigenvalue weighted by Crippen LogP contribution is 2.18. The molecule has 0 fully saturated rings. The molecule has 0 amide bonds. The number of Topliss-reactive ketones (excluding diaryl/α,β-unsaturated/α-hetero) is 1. The van der Waals surface area contributed by atoms with Gasteiger partial charge in [-0.05, 0) is 24.8 Å². The van der Waals surface area contributed by atoms with Crippen molar-refractivity contribution in [2.45, 2.75) is 39.2 Å². The summed E-state index contributed by atoms with van der Waals surface area (Å²) in [5.74, 6) is 0.0804. The van der Waals surface area contributed by atoms with E-state index in [9.17, 15) is 4.79 Å². The zero-order valence-corrected chi connectivity index (χ0v) is 12.4. The third-order valence-corrected chi connectivity index (χ3v) is 3.48. The summed E-state index contributed by atoms with van der Waals surface area (Å²) in [7, 11) is 0. The van der Waals surface area contributed by atoms with Crippen LogP contribution in [0.15, 0.2) is 36.5 Å². The molecule has 0 aliphatic carbocycles. The second-order valence-corrected chi connectivity index (χ2v) is 5.23. The van der Waals surface area contributed by atoms with Crippen molar-refractivity contribution in [3.63, 3.8) is 0 Å². The smallest absolute Gasteiger partial charge is 0.182 e. The van der Waals surface area contributed by atoms with Gasteiger partial charge in [-0.1, -0.05) is 48.9 Å². The van der Waals surface area contributed by atoms with E-state index >= 15 is 0 Å². The van der Waals surface area contributed by atoms with Crippen molar-refractivity contribution in [2.75, 3.05) is 0 Å². The number of halogens is 1. The van der Waals surface area contributed by atoms with Crippen molar-refractivity contribution in [3.05, 3.63) is 52.8 Å². The van der Waals surface area contributed by atoms with Gasteiger partial charge in [0, 0.05) is 13.0 Å². The summed E-state index contributed by atoms with van der Waals surface area (Å²) in [5.41, 5.74) is 1.81. The van der Waals surface area contributed by atoms with Crippen LogP contribution in [0, 0.1) is 0 Å². The van der Waals surface area contributed by atoms with Crippen molar-refractivity contribution < 1.29 is 4.79 Å². The van der Waals surface area contributed by atoms with Gasteiger partial charge in [-0.15, -0.1) is 0 Å². The number of aromatic nitrogens is 2. The molecule has 0 saturated carbocycles. The van der Waals surface area contributed by atoms with Gasteiger partial charge in [0.1, 0.15) is 5.69 Å². The average Bonchev–Trinajstić information content (AvgIpc) is 2.81. The van der Waals surface area contributed by atoms with Gasteiger partial charge in [0.15, 0.2) is 5.78 Å². The molecule has 0 N–H and O–H groups in total. The average molecular weight is 291 g/mol. The van der Waals surface area contributed by atoms with E-state index < -0.39 is 0 Å². The number of aryl methyl sites for hydroxylation is 2. The molecule has 1 aromatic carbocycles. The van der Waals surface area contributed by atoms with E-state index in [0.29, 0.717) is 17.1 Å². The fourth-order valence-electron chi connectivity index (χ4n) is 2.24. The molecule has 0 unspecified atom stereocenters. The lowest BCUT2D eigenvalue weighted by molar-refractivity contribution is 0.0969. The lowest BCUT2D eigenvalue weighted by Gasteiger charge is -2.06. The topological polar surface area (TPSA) is 34.9 Å². The highest BCUT2D eigenvalue weighted by atomic mass is 35.5. The summed E-state index contributed by atoms with van der Waals surface area (Å²) < 4.78 is 1.72. The maximum atomic E-state index is 12.3. The Kier molecular flexibility index (Phi) is 5.36. The summed E-state index contributed by atoms with van der Waals surface area (Å²) in [5, 5.41) is 4.62. The Hall–Kier alpha value is -1.61. The van der Waals surface area contributed by atoms with Crippen molar-refractivity contribution in [1.29, 1.82) is 0 Å². The lowest BCUT2D eigenvalue weighted by atomic mass is 10.1. The first kappa shape index (κ1) is 14.8. The molecule has 3 nitrogen and oxygen atoms in total. The summed E-state index contributed by atoms with van der Waals surface area (Å²) in [6.07, 6.45) is 4.73. The Morgan fingerprint density at radius 1 is 1.30 bits per heavy atom. The Balaban J connectivity index is 1.93. The normalized spacial score (nSPS) is 10.7. The summed E-state index contributed by atoms with van der Waals surface area (Å²) in [6, 6.07) is 10.2. The van der Waals surface area contributed by atoms with Gasteiger partial charge in [-0.3, -0.25) is 9.48 Å². The van der Waals surface area contributed by atoms with Crippen molar-refractivity contribution in [2.24, 2.45) is 0 Å². The fraction of sp³-hybridized carbons (Fsp3) is 0.375. The third kappa shape index (κ3) is 3.70. The summed E-state index contributed by atoms with van der Waals surface area (Å²) in [4.78, 5) is 12.3. The number of carbonyl (C=O) groups is 1. The molecule has 2 aromatic rings. The molecule has 0 aliphatic heterocycles.